The van der Waals surface area contributed by atoms with Gasteiger partial charge in [0.25, 0.3) is 5.91 Å². The lowest BCUT2D eigenvalue weighted by atomic mass is 10.2. The molecule has 0 radical (unpaired) electrons. The van der Waals surface area contributed by atoms with Crippen LogP contribution in [0.25, 0.3) is 0 Å². The number of hydrogen-bond acceptors (Lipinski definition) is 3. The maximum atomic E-state index is 11.8. The van der Waals surface area contributed by atoms with E-state index in [0.29, 0.717) is 10.7 Å². The number of hydrogen-bond donors (Lipinski definition) is 1. The van der Waals surface area contributed by atoms with Gasteiger partial charge in [-0.15, -0.1) is 0 Å². The minimum absolute atomic E-state index is 0.330. The highest BCUT2D eigenvalue weighted by atomic mass is 35.5. The van der Waals surface area contributed by atoms with Gasteiger partial charge in [0.15, 0.2) is 0 Å². The molecule has 5 heteroatoms. The summed E-state index contributed by atoms with van der Waals surface area (Å²) in [4.78, 5) is 15.9. The van der Waals surface area contributed by atoms with Crippen molar-refractivity contribution in [3.8, 4) is 0 Å². The van der Waals surface area contributed by atoms with Crippen molar-refractivity contribution >= 4 is 23.7 Å². The molecule has 4 nitrogen and oxygen atoms in total. The average Bonchev–Trinajstić information content (AvgIpc) is 2.41. The van der Waals surface area contributed by atoms with Crippen molar-refractivity contribution in [3.05, 3.63) is 64.4 Å². The number of hydrazone groups is 1. The normalized spacial score (nSPS) is 10.6. The molecule has 0 saturated heterocycles. The van der Waals surface area contributed by atoms with Crippen LogP contribution in [-0.2, 0) is 0 Å². The number of carbonyl (C=O) groups excluding carboxylic acids is 1. The van der Waals surface area contributed by atoms with Crippen LogP contribution in [0.15, 0.2) is 47.6 Å². The van der Waals surface area contributed by atoms with E-state index in [9.17, 15) is 4.79 Å². The minimum Gasteiger partial charge on any atom is -0.266 e. The van der Waals surface area contributed by atoms with Gasteiger partial charge in [0.2, 0.25) is 0 Å². The molecule has 0 atom stereocenters. The van der Waals surface area contributed by atoms with Gasteiger partial charge >= 0.3 is 0 Å². The fourth-order valence-electron chi connectivity index (χ4n) is 1.47. The molecular formula is C14H12ClN3O. The molecule has 1 aromatic carbocycles. The second-order valence-corrected chi connectivity index (χ2v) is 4.29. The van der Waals surface area contributed by atoms with Crippen LogP contribution in [0.3, 0.4) is 0 Å². The van der Waals surface area contributed by atoms with Crippen molar-refractivity contribution in [2.45, 2.75) is 6.92 Å². The van der Waals surface area contributed by atoms with Gasteiger partial charge in [0.1, 0.15) is 5.69 Å². The van der Waals surface area contributed by atoms with Crippen molar-refractivity contribution in [2.75, 3.05) is 0 Å². The van der Waals surface area contributed by atoms with E-state index in [2.05, 4.69) is 15.5 Å². The van der Waals surface area contributed by atoms with Crippen molar-refractivity contribution in [1.29, 1.82) is 0 Å². The van der Waals surface area contributed by atoms with Gasteiger partial charge in [-0.3, -0.25) is 4.79 Å². The Bertz CT molecular complexity index is 626. The molecule has 0 aliphatic rings. The summed E-state index contributed by atoms with van der Waals surface area (Å²) in [5.74, 6) is -0.355. The monoisotopic (exact) mass is 273 g/mol. The van der Waals surface area contributed by atoms with E-state index in [1.54, 1.807) is 18.2 Å². The molecule has 1 heterocycles. The van der Waals surface area contributed by atoms with E-state index in [1.807, 2.05) is 31.2 Å². The van der Waals surface area contributed by atoms with Gasteiger partial charge in [-0.2, -0.15) is 5.10 Å². The summed E-state index contributed by atoms with van der Waals surface area (Å²) in [5, 5.41) is 4.44. The molecule has 0 bridgehead atoms. The second-order valence-electron chi connectivity index (χ2n) is 3.88. The largest absolute Gasteiger partial charge is 0.289 e. The van der Waals surface area contributed by atoms with E-state index in [4.69, 9.17) is 11.6 Å². The Labute approximate surface area is 116 Å². The highest BCUT2D eigenvalue weighted by Gasteiger charge is 2.05. The van der Waals surface area contributed by atoms with E-state index in [1.165, 1.54) is 6.21 Å². The van der Waals surface area contributed by atoms with Crippen molar-refractivity contribution < 1.29 is 4.79 Å². The molecule has 1 N–H and O–H groups in total. The van der Waals surface area contributed by atoms with Crippen molar-refractivity contribution in [1.82, 2.24) is 10.4 Å². The SMILES string of the molecule is Cc1cccc(C(=O)N/N=C\c2ccccc2Cl)n1. The van der Waals surface area contributed by atoms with E-state index in [0.717, 1.165) is 11.3 Å². The number of benzene rings is 1. The summed E-state index contributed by atoms with van der Waals surface area (Å²) in [7, 11) is 0. The standard InChI is InChI=1S/C14H12ClN3O/c1-10-5-4-8-13(17-10)14(19)18-16-9-11-6-2-3-7-12(11)15/h2-9H,1H3,(H,18,19)/b16-9-. The first-order valence-electron chi connectivity index (χ1n) is 5.68. The molecular weight excluding hydrogens is 262 g/mol. The quantitative estimate of drug-likeness (QED) is 0.691. The Balaban J connectivity index is 2.03. The molecule has 2 rings (SSSR count). The molecule has 0 aliphatic heterocycles. The second kappa shape index (κ2) is 6.11. The maximum absolute atomic E-state index is 11.8. The number of aryl methyl sites for hydroxylation is 1. The van der Waals surface area contributed by atoms with Gasteiger partial charge in [0, 0.05) is 16.3 Å². The van der Waals surface area contributed by atoms with Crippen LogP contribution in [-0.4, -0.2) is 17.1 Å². The molecule has 1 amide bonds. The number of amides is 1. The smallest absolute Gasteiger partial charge is 0.266 e. The number of pyridine rings is 1. The molecule has 0 unspecified atom stereocenters. The third kappa shape index (κ3) is 3.63. The van der Waals surface area contributed by atoms with E-state index < -0.39 is 0 Å². The zero-order chi connectivity index (χ0) is 13.7. The lowest BCUT2D eigenvalue weighted by Crippen LogP contribution is -2.19. The molecule has 0 spiro atoms. The summed E-state index contributed by atoms with van der Waals surface area (Å²) in [6.07, 6.45) is 1.50. The first kappa shape index (κ1) is 13.2. The molecule has 19 heavy (non-hydrogen) atoms. The maximum Gasteiger partial charge on any atom is 0.289 e. The molecule has 96 valence electrons. The zero-order valence-electron chi connectivity index (χ0n) is 10.3. The van der Waals surface area contributed by atoms with Crippen LogP contribution in [0.2, 0.25) is 5.02 Å². The van der Waals surface area contributed by atoms with Crippen LogP contribution in [0.5, 0.6) is 0 Å². The van der Waals surface area contributed by atoms with Gasteiger partial charge in [-0.25, -0.2) is 10.4 Å². The summed E-state index contributed by atoms with van der Waals surface area (Å²) in [6.45, 7) is 1.82. The molecule has 0 saturated carbocycles. The minimum atomic E-state index is -0.355. The fourth-order valence-corrected chi connectivity index (χ4v) is 1.65. The van der Waals surface area contributed by atoms with Crippen molar-refractivity contribution in [3.63, 3.8) is 0 Å². The Hall–Kier alpha value is -2.20. The fraction of sp³-hybridized carbons (Fsp3) is 0.0714. The topological polar surface area (TPSA) is 54.4 Å². The van der Waals surface area contributed by atoms with Gasteiger partial charge in [-0.1, -0.05) is 35.9 Å². The van der Waals surface area contributed by atoms with Gasteiger partial charge in [0.05, 0.1) is 6.21 Å². The number of nitrogens with one attached hydrogen (secondary N) is 1. The van der Waals surface area contributed by atoms with Gasteiger partial charge in [-0.05, 0) is 25.1 Å². The van der Waals surface area contributed by atoms with Crippen LogP contribution in [0, 0.1) is 6.92 Å². The third-order valence-corrected chi connectivity index (χ3v) is 2.74. The van der Waals surface area contributed by atoms with Crippen LogP contribution < -0.4 is 5.43 Å². The highest BCUT2D eigenvalue weighted by Crippen LogP contribution is 2.12. The number of carbonyl (C=O) groups is 1. The Morgan fingerprint density at radius 1 is 1.26 bits per heavy atom. The number of aromatic nitrogens is 1. The zero-order valence-corrected chi connectivity index (χ0v) is 11.1. The van der Waals surface area contributed by atoms with Gasteiger partial charge < -0.3 is 0 Å². The Morgan fingerprint density at radius 3 is 2.79 bits per heavy atom. The highest BCUT2D eigenvalue weighted by molar-refractivity contribution is 6.33. The lowest BCUT2D eigenvalue weighted by molar-refractivity contribution is 0.0950. The molecule has 0 fully saturated rings. The summed E-state index contributed by atoms with van der Waals surface area (Å²) < 4.78 is 0. The van der Waals surface area contributed by atoms with Crippen molar-refractivity contribution in [2.24, 2.45) is 5.10 Å². The number of rotatable bonds is 3. The number of nitrogens with zero attached hydrogens (tertiary/aromatic N) is 2. The summed E-state index contributed by atoms with van der Waals surface area (Å²) in [5.41, 5.74) is 4.26. The predicted octanol–water partition coefficient (Wildman–Crippen LogP) is 2.81. The number of halogens is 1. The summed E-state index contributed by atoms with van der Waals surface area (Å²) >= 11 is 5.96. The lowest BCUT2D eigenvalue weighted by Gasteiger charge is -2.00. The van der Waals surface area contributed by atoms with Crippen LogP contribution in [0.1, 0.15) is 21.7 Å². The molecule has 1 aromatic heterocycles. The Morgan fingerprint density at radius 2 is 2.05 bits per heavy atom. The van der Waals surface area contributed by atoms with Crippen LogP contribution in [0.4, 0.5) is 0 Å². The first-order chi connectivity index (χ1) is 9.16. The summed E-state index contributed by atoms with van der Waals surface area (Å²) in [6, 6.07) is 12.5. The predicted molar refractivity (Wildman–Crippen MR) is 75.5 cm³/mol. The first-order valence-corrected chi connectivity index (χ1v) is 6.06. The molecule has 2 aromatic rings. The van der Waals surface area contributed by atoms with Crippen LogP contribution >= 0.6 is 11.6 Å². The average molecular weight is 274 g/mol. The van der Waals surface area contributed by atoms with E-state index in [-0.39, 0.29) is 5.91 Å². The molecule has 0 aliphatic carbocycles. The van der Waals surface area contributed by atoms with E-state index >= 15 is 0 Å². The third-order valence-electron chi connectivity index (χ3n) is 2.40. The Kier molecular flexibility index (Phi) is 4.26.